The first-order chi connectivity index (χ1) is 6.38. The Morgan fingerprint density at radius 1 is 1.08 bits per heavy atom. The number of aromatic nitrogens is 1. The number of nitrogens with zero attached hydrogens (tertiary/aromatic N) is 1. The van der Waals surface area contributed by atoms with E-state index in [0.717, 1.165) is 0 Å². The Hall–Kier alpha value is -1.44. The Kier molecular flexibility index (Phi) is 3.38. The SMILES string of the molecule is CC.Fc1ccnc2ccccc12. The summed E-state index contributed by atoms with van der Waals surface area (Å²) in [5, 5.41) is 0.579. The second kappa shape index (κ2) is 4.55. The molecule has 0 bridgehead atoms. The normalized spacial score (nSPS) is 9.15. The highest BCUT2D eigenvalue weighted by Crippen LogP contribution is 2.13. The predicted molar refractivity (Wildman–Crippen MR) is 53.0 cm³/mol. The van der Waals surface area contributed by atoms with E-state index in [1.165, 1.54) is 12.3 Å². The van der Waals surface area contributed by atoms with Gasteiger partial charge in [-0.3, -0.25) is 4.98 Å². The van der Waals surface area contributed by atoms with E-state index < -0.39 is 0 Å². The van der Waals surface area contributed by atoms with Crippen molar-refractivity contribution in [3.05, 3.63) is 42.3 Å². The zero-order valence-electron chi connectivity index (χ0n) is 7.79. The average Bonchev–Trinajstić information content (AvgIpc) is 2.22. The van der Waals surface area contributed by atoms with Crippen LogP contribution >= 0.6 is 0 Å². The number of rotatable bonds is 0. The highest BCUT2D eigenvalue weighted by atomic mass is 19.1. The van der Waals surface area contributed by atoms with Gasteiger partial charge in [-0.15, -0.1) is 0 Å². The van der Waals surface area contributed by atoms with Crippen LogP contribution < -0.4 is 0 Å². The van der Waals surface area contributed by atoms with Gasteiger partial charge in [0.15, 0.2) is 0 Å². The van der Waals surface area contributed by atoms with E-state index in [2.05, 4.69) is 4.98 Å². The van der Waals surface area contributed by atoms with Gasteiger partial charge in [-0.25, -0.2) is 4.39 Å². The van der Waals surface area contributed by atoms with Gasteiger partial charge in [-0.05, 0) is 18.2 Å². The number of para-hydroxylation sites is 1. The maximum absolute atomic E-state index is 12.9. The molecule has 0 aliphatic carbocycles. The van der Waals surface area contributed by atoms with Crippen molar-refractivity contribution >= 4 is 10.9 Å². The summed E-state index contributed by atoms with van der Waals surface area (Å²) in [6.45, 7) is 4.00. The Bertz CT molecular complexity index is 379. The zero-order valence-corrected chi connectivity index (χ0v) is 7.79. The first-order valence-electron chi connectivity index (χ1n) is 4.37. The van der Waals surface area contributed by atoms with E-state index >= 15 is 0 Å². The lowest BCUT2D eigenvalue weighted by molar-refractivity contribution is 0.638. The third-order valence-electron chi connectivity index (χ3n) is 1.60. The first-order valence-corrected chi connectivity index (χ1v) is 4.37. The van der Waals surface area contributed by atoms with Crippen molar-refractivity contribution in [2.45, 2.75) is 13.8 Å². The molecule has 1 aromatic carbocycles. The van der Waals surface area contributed by atoms with Crippen LogP contribution in [0.15, 0.2) is 36.5 Å². The monoisotopic (exact) mass is 177 g/mol. The van der Waals surface area contributed by atoms with Gasteiger partial charge < -0.3 is 0 Å². The van der Waals surface area contributed by atoms with Gasteiger partial charge in [0, 0.05) is 11.6 Å². The molecule has 0 spiro atoms. The topological polar surface area (TPSA) is 12.9 Å². The Labute approximate surface area is 77.2 Å². The number of hydrogen-bond donors (Lipinski definition) is 0. The van der Waals surface area contributed by atoms with Crippen molar-refractivity contribution in [2.75, 3.05) is 0 Å². The molecule has 0 saturated heterocycles. The molecule has 2 aromatic rings. The quantitative estimate of drug-likeness (QED) is 0.601. The molecule has 1 nitrogen and oxygen atoms in total. The van der Waals surface area contributed by atoms with Crippen molar-refractivity contribution in [3.8, 4) is 0 Å². The summed E-state index contributed by atoms with van der Waals surface area (Å²) in [6, 6.07) is 8.51. The van der Waals surface area contributed by atoms with E-state index in [1.54, 1.807) is 18.2 Å². The lowest BCUT2D eigenvalue weighted by Crippen LogP contribution is -1.80. The number of pyridine rings is 1. The van der Waals surface area contributed by atoms with Gasteiger partial charge >= 0.3 is 0 Å². The Balaban J connectivity index is 0.000000396. The van der Waals surface area contributed by atoms with E-state index in [1.807, 2.05) is 19.9 Å². The number of halogens is 1. The van der Waals surface area contributed by atoms with Crippen LogP contribution in [0.4, 0.5) is 4.39 Å². The predicted octanol–water partition coefficient (Wildman–Crippen LogP) is 3.40. The van der Waals surface area contributed by atoms with Crippen LogP contribution in [0.5, 0.6) is 0 Å². The van der Waals surface area contributed by atoms with Crippen LogP contribution in [0.1, 0.15) is 13.8 Å². The van der Waals surface area contributed by atoms with Crippen LogP contribution in [0, 0.1) is 5.82 Å². The smallest absolute Gasteiger partial charge is 0.134 e. The molecule has 68 valence electrons. The van der Waals surface area contributed by atoms with Crippen molar-refractivity contribution in [3.63, 3.8) is 0 Å². The molecule has 1 heterocycles. The lowest BCUT2D eigenvalue weighted by Gasteiger charge is -1.95. The average molecular weight is 177 g/mol. The third-order valence-corrected chi connectivity index (χ3v) is 1.60. The Morgan fingerprint density at radius 3 is 2.46 bits per heavy atom. The highest BCUT2D eigenvalue weighted by molar-refractivity contribution is 5.78. The molecule has 1 aromatic heterocycles. The van der Waals surface area contributed by atoms with Crippen LogP contribution in [0.25, 0.3) is 10.9 Å². The molecule has 2 heteroatoms. The number of fused-ring (bicyclic) bond motifs is 1. The van der Waals surface area contributed by atoms with Gasteiger partial charge in [0.1, 0.15) is 5.82 Å². The van der Waals surface area contributed by atoms with Crippen molar-refractivity contribution in [1.29, 1.82) is 0 Å². The van der Waals surface area contributed by atoms with Crippen LogP contribution in [-0.2, 0) is 0 Å². The molecule has 2 rings (SSSR count). The third kappa shape index (κ3) is 2.02. The van der Waals surface area contributed by atoms with Gasteiger partial charge in [0.25, 0.3) is 0 Å². The molecule has 13 heavy (non-hydrogen) atoms. The second-order valence-corrected chi connectivity index (χ2v) is 2.31. The molecule has 0 amide bonds. The standard InChI is InChI=1S/C9H6FN.C2H6/c10-8-5-6-11-9-4-2-1-3-7(8)9;1-2/h1-6H;1-2H3. The van der Waals surface area contributed by atoms with Crippen molar-refractivity contribution < 1.29 is 4.39 Å². The molecule has 0 atom stereocenters. The minimum absolute atomic E-state index is 0.212. The first kappa shape index (κ1) is 9.65. The van der Waals surface area contributed by atoms with Gasteiger partial charge in [0.2, 0.25) is 0 Å². The highest BCUT2D eigenvalue weighted by Gasteiger charge is 1.96. The molecule has 0 N–H and O–H groups in total. The molecule has 0 unspecified atom stereocenters. The fourth-order valence-corrected chi connectivity index (χ4v) is 1.06. The van der Waals surface area contributed by atoms with Crippen LogP contribution in [-0.4, -0.2) is 4.98 Å². The number of benzene rings is 1. The largest absolute Gasteiger partial charge is 0.256 e. The summed E-state index contributed by atoms with van der Waals surface area (Å²) in [6.07, 6.45) is 1.47. The lowest BCUT2D eigenvalue weighted by atomic mass is 10.2. The van der Waals surface area contributed by atoms with Crippen molar-refractivity contribution in [1.82, 2.24) is 4.98 Å². The van der Waals surface area contributed by atoms with E-state index in [9.17, 15) is 4.39 Å². The molecular formula is C11H12FN. The zero-order chi connectivity index (χ0) is 9.68. The summed E-state index contributed by atoms with van der Waals surface area (Å²) in [4.78, 5) is 4.00. The van der Waals surface area contributed by atoms with Crippen LogP contribution in [0.2, 0.25) is 0 Å². The van der Waals surface area contributed by atoms with Crippen molar-refractivity contribution in [2.24, 2.45) is 0 Å². The van der Waals surface area contributed by atoms with E-state index in [-0.39, 0.29) is 5.82 Å². The fourth-order valence-electron chi connectivity index (χ4n) is 1.06. The summed E-state index contributed by atoms with van der Waals surface area (Å²) in [5.74, 6) is -0.212. The summed E-state index contributed by atoms with van der Waals surface area (Å²) in [5.41, 5.74) is 0.701. The minimum Gasteiger partial charge on any atom is -0.256 e. The second-order valence-electron chi connectivity index (χ2n) is 2.31. The molecule has 0 aliphatic heterocycles. The van der Waals surface area contributed by atoms with Gasteiger partial charge in [-0.1, -0.05) is 26.0 Å². The van der Waals surface area contributed by atoms with E-state index in [0.29, 0.717) is 10.9 Å². The Morgan fingerprint density at radius 2 is 1.77 bits per heavy atom. The van der Waals surface area contributed by atoms with Crippen LogP contribution in [0.3, 0.4) is 0 Å². The van der Waals surface area contributed by atoms with E-state index in [4.69, 9.17) is 0 Å². The summed E-state index contributed by atoms with van der Waals surface area (Å²) in [7, 11) is 0. The molecule has 0 aliphatic rings. The molecular weight excluding hydrogens is 165 g/mol. The fraction of sp³-hybridized carbons (Fsp3) is 0.182. The maximum atomic E-state index is 12.9. The summed E-state index contributed by atoms with van der Waals surface area (Å²) < 4.78 is 12.9. The molecule has 0 radical (unpaired) electrons. The molecule has 0 fully saturated rings. The van der Waals surface area contributed by atoms with Gasteiger partial charge in [-0.2, -0.15) is 0 Å². The minimum atomic E-state index is -0.212. The number of hydrogen-bond acceptors (Lipinski definition) is 1. The molecule has 0 saturated carbocycles. The van der Waals surface area contributed by atoms with Gasteiger partial charge in [0.05, 0.1) is 5.52 Å². The summed E-state index contributed by atoms with van der Waals surface area (Å²) >= 11 is 0. The maximum Gasteiger partial charge on any atom is 0.134 e.